The molecule has 1 amide bonds. The summed E-state index contributed by atoms with van der Waals surface area (Å²) in [5.74, 6) is 0.169. The lowest BCUT2D eigenvalue weighted by atomic mass is 9.93. The highest BCUT2D eigenvalue weighted by molar-refractivity contribution is 7.17. The maximum absolute atomic E-state index is 12.3. The van der Waals surface area contributed by atoms with Gasteiger partial charge >= 0.3 is 0 Å². The molecule has 0 aromatic carbocycles. The fourth-order valence-corrected chi connectivity index (χ4v) is 3.32. The molecule has 2 aromatic rings. The van der Waals surface area contributed by atoms with E-state index < -0.39 is 0 Å². The lowest BCUT2D eigenvalue weighted by molar-refractivity contribution is 0.0933. The van der Waals surface area contributed by atoms with Crippen molar-refractivity contribution in [2.24, 2.45) is 5.41 Å². The van der Waals surface area contributed by atoms with Crippen LogP contribution in [0.3, 0.4) is 0 Å². The van der Waals surface area contributed by atoms with Crippen LogP contribution in [0.15, 0.2) is 24.4 Å². The third kappa shape index (κ3) is 5.01. The average molecular weight is 333 g/mol. The van der Waals surface area contributed by atoms with Crippen LogP contribution in [0, 0.1) is 5.41 Å². The maximum atomic E-state index is 12.3. The number of carbonyl (C=O) groups excluding carboxylic acids is 1. The highest BCUT2D eigenvalue weighted by atomic mass is 32.1. The average Bonchev–Trinajstić information content (AvgIpc) is 2.93. The predicted molar refractivity (Wildman–Crippen MR) is 94.4 cm³/mol. The molecular weight excluding hydrogens is 310 g/mol. The topological polar surface area (TPSA) is 84.1 Å². The Balaban J connectivity index is 2.01. The van der Waals surface area contributed by atoms with Gasteiger partial charge in [-0.2, -0.15) is 0 Å². The molecule has 2 heterocycles. The predicted octanol–water partition coefficient (Wildman–Crippen LogP) is 2.10. The van der Waals surface area contributed by atoms with Gasteiger partial charge in [0.2, 0.25) is 5.95 Å². The van der Waals surface area contributed by atoms with E-state index in [2.05, 4.69) is 34.0 Å². The number of thiophene rings is 1. The molecule has 23 heavy (non-hydrogen) atoms. The van der Waals surface area contributed by atoms with E-state index in [0.29, 0.717) is 11.4 Å². The van der Waals surface area contributed by atoms with Crippen LogP contribution in [-0.4, -0.2) is 48.0 Å². The molecule has 0 unspecified atom stereocenters. The number of hydrogen-bond donors (Lipinski definition) is 2. The van der Waals surface area contributed by atoms with Crippen LogP contribution in [0.2, 0.25) is 0 Å². The molecule has 0 radical (unpaired) electrons. The van der Waals surface area contributed by atoms with E-state index in [-0.39, 0.29) is 17.3 Å². The lowest BCUT2D eigenvalue weighted by Gasteiger charge is -2.28. The first-order valence-corrected chi connectivity index (χ1v) is 8.20. The number of nitrogens with one attached hydrogen (secondary N) is 1. The molecule has 3 N–H and O–H groups in total. The van der Waals surface area contributed by atoms with E-state index in [9.17, 15) is 4.79 Å². The number of carbonyl (C=O) groups is 1. The van der Waals surface area contributed by atoms with Gasteiger partial charge in [0.1, 0.15) is 0 Å². The van der Waals surface area contributed by atoms with Gasteiger partial charge in [-0.3, -0.25) is 4.79 Å². The van der Waals surface area contributed by atoms with E-state index in [1.54, 1.807) is 12.3 Å². The Morgan fingerprint density at radius 3 is 2.74 bits per heavy atom. The van der Waals surface area contributed by atoms with Gasteiger partial charge in [-0.15, -0.1) is 11.3 Å². The van der Waals surface area contributed by atoms with Gasteiger partial charge in [-0.25, -0.2) is 9.97 Å². The number of nitrogens with two attached hydrogens (primary N) is 1. The molecule has 0 atom stereocenters. The zero-order valence-electron chi connectivity index (χ0n) is 14.0. The Labute approximate surface area is 140 Å². The van der Waals surface area contributed by atoms with E-state index >= 15 is 0 Å². The first kappa shape index (κ1) is 17.4. The third-order valence-electron chi connectivity index (χ3n) is 3.23. The van der Waals surface area contributed by atoms with Gasteiger partial charge in [-0.05, 0) is 37.7 Å². The molecule has 2 rings (SSSR count). The van der Waals surface area contributed by atoms with Crippen LogP contribution in [0.25, 0.3) is 10.6 Å². The minimum atomic E-state index is -0.0601. The molecule has 0 spiro atoms. The molecule has 0 aliphatic carbocycles. The molecule has 0 aliphatic heterocycles. The minimum Gasteiger partial charge on any atom is -0.368 e. The van der Waals surface area contributed by atoms with Crippen molar-refractivity contribution in [1.29, 1.82) is 0 Å². The fourth-order valence-electron chi connectivity index (χ4n) is 2.43. The lowest BCUT2D eigenvalue weighted by Crippen LogP contribution is -2.39. The molecule has 6 nitrogen and oxygen atoms in total. The smallest absolute Gasteiger partial charge is 0.261 e. The molecule has 0 fully saturated rings. The van der Waals surface area contributed by atoms with Gasteiger partial charge < -0.3 is 16.0 Å². The second kappa shape index (κ2) is 7.06. The molecule has 0 saturated carbocycles. The van der Waals surface area contributed by atoms with Crippen molar-refractivity contribution in [2.75, 3.05) is 32.9 Å². The zero-order valence-corrected chi connectivity index (χ0v) is 14.8. The summed E-state index contributed by atoms with van der Waals surface area (Å²) in [6.07, 6.45) is 1.61. The van der Waals surface area contributed by atoms with Crippen molar-refractivity contribution in [3.8, 4) is 10.6 Å². The SMILES string of the molecule is CN(C)CC(C)(C)CNC(=O)c1ccc(-c2ccnc(N)n2)s1. The molecule has 2 aromatic heterocycles. The number of nitrogens with zero attached hydrogens (tertiary/aromatic N) is 3. The molecule has 0 bridgehead atoms. The Morgan fingerprint density at radius 1 is 1.35 bits per heavy atom. The summed E-state index contributed by atoms with van der Waals surface area (Å²) < 4.78 is 0. The maximum Gasteiger partial charge on any atom is 0.261 e. The van der Waals surface area contributed by atoms with Crippen LogP contribution >= 0.6 is 11.3 Å². The number of rotatable bonds is 6. The van der Waals surface area contributed by atoms with Crippen molar-refractivity contribution in [1.82, 2.24) is 20.2 Å². The first-order valence-electron chi connectivity index (χ1n) is 7.38. The number of hydrogen-bond acceptors (Lipinski definition) is 6. The summed E-state index contributed by atoms with van der Waals surface area (Å²) in [5.41, 5.74) is 6.34. The quantitative estimate of drug-likeness (QED) is 0.846. The number of aromatic nitrogens is 2. The van der Waals surface area contributed by atoms with E-state index in [1.807, 2.05) is 26.2 Å². The van der Waals surface area contributed by atoms with Gasteiger partial charge in [0, 0.05) is 19.3 Å². The molecule has 7 heteroatoms. The second-order valence-electron chi connectivity index (χ2n) is 6.55. The highest BCUT2D eigenvalue weighted by Gasteiger charge is 2.20. The van der Waals surface area contributed by atoms with Crippen molar-refractivity contribution < 1.29 is 4.79 Å². The van der Waals surface area contributed by atoms with Crippen molar-refractivity contribution in [3.63, 3.8) is 0 Å². The summed E-state index contributed by atoms with van der Waals surface area (Å²) in [5, 5.41) is 3.01. The second-order valence-corrected chi connectivity index (χ2v) is 7.63. The van der Waals surface area contributed by atoms with Crippen molar-refractivity contribution in [2.45, 2.75) is 13.8 Å². The van der Waals surface area contributed by atoms with Crippen molar-refractivity contribution >= 4 is 23.2 Å². The number of nitrogen functional groups attached to an aromatic ring is 1. The summed E-state index contributed by atoms with van der Waals surface area (Å²) >= 11 is 1.40. The van der Waals surface area contributed by atoms with E-state index in [4.69, 9.17) is 5.73 Å². The van der Waals surface area contributed by atoms with E-state index in [0.717, 1.165) is 17.1 Å². The molecule has 124 valence electrons. The Morgan fingerprint density at radius 2 is 2.09 bits per heavy atom. The van der Waals surface area contributed by atoms with Crippen LogP contribution in [0.4, 0.5) is 5.95 Å². The Hall–Kier alpha value is -1.99. The third-order valence-corrected chi connectivity index (χ3v) is 4.33. The minimum absolute atomic E-state index is 0.0142. The highest BCUT2D eigenvalue weighted by Crippen LogP contribution is 2.26. The van der Waals surface area contributed by atoms with E-state index in [1.165, 1.54) is 11.3 Å². The van der Waals surface area contributed by atoms with Crippen molar-refractivity contribution in [3.05, 3.63) is 29.3 Å². The summed E-state index contributed by atoms with van der Waals surface area (Å²) in [4.78, 5) is 24.1. The molecule has 0 aliphatic rings. The van der Waals surface area contributed by atoms with Gasteiger partial charge in [0.05, 0.1) is 15.4 Å². The molecular formula is C16H23N5OS. The summed E-state index contributed by atoms with van der Waals surface area (Å²) in [7, 11) is 4.06. The van der Waals surface area contributed by atoms with Crippen LogP contribution in [0.1, 0.15) is 23.5 Å². The Kier molecular flexibility index (Phi) is 5.33. The summed E-state index contributed by atoms with van der Waals surface area (Å²) in [6, 6.07) is 5.48. The normalized spacial score (nSPS) is 11.7. The summed E-state index contributed by atoms with van der Waals surface area (Å²) in [6.45, 7) is 5.80. The standard InChI is InChI=1S/C16H23N5OS/c1-16(2,10-21(3)4)9-19-14(22)13-6-5-12(23-13)11-7-8-18-15(17)20-11/h5-8H,9-10H2,1-4H3,(H,19,22)(H2,17,18,20). The Bertz CT molecular complexity index is 681. The van der Waals surface area contributed by atoms with Gasteiger partial charge in [0.15, 0.2) is 0 Å². The van der Waals surface area contributed by atoms with Crippen LogP contribution < -0.4 is 11.1 Å². The fraction of sp³-hybridized carbons (Fsp3) is 0.438. The molecule has 0 saturated heterocycles. The zero-order chi connectivity index (χ0) is 17.0. The monoisotopic (exact) mass is 333 g/mol. The number of anilines is 1. The van der Waals surface area contributed by atoms with Gasteiger partial charge in [0.25, 0.3) is 5.91 Å². The van der Waals surface area contributed by atoms with Gasteiger partial charge in [-0.1, -0.05) is 13.8 Å². The first-order chi connectivity index (χ1) is 10.8. The number of amides is 1. The largest absolute Gasteiger partial charge is 0.368 e. The van der Waals surface area contributed by atoms with Crippen LogP contribution in [-0.2, 0) is 0 Å². The van der Waals surface area contributed by atoms with Crippen LogP contribution in [0.5, 0.6) is 0 Å².